The van der Waals surface area contributed by atoms with Gasteiger partial charge in [-0.3, -0.25) is 9.89 Å². The molecule has 2 aromatic carbocycles. The minimum atomic E-state index is -0.0566. The number of rotatable bonds is 3. The Labute approximate surface area is 144 Å². The zero-order valence-corrected chi connectivity index (χ0v) is 13.5. The van der Waals surface area contributed by atoms with E-state index < -0.39 is 0 Å². The molecule has 5 heteroatoms. The molecule has 2 heterocycles. The Kier molecular flexibility index (Phi) is 3.00. The molecule has 122 valence electrons. The molecule has 0 radical (unpaired) electrons. The average molecular weight is 328 g/mol. The van der Waals surface area contributed by atoms with Crippen LogP contribution in [0.3, 0.4) is 0 Å². The first-order valence-corrected chi connectivity index (χ1v) is 8.29. The normalized spacial score (nSPS) is 12.2. The maximum atomic E-state index is 12.5. The highest BCUT2D eigenvalue weighted by molar-refractivity contribution is 6.01. The molecule has 3 N–H and O–H groups in total. The van der Waals surface area contributed by atoms with Crippen LogP contribution in [0.15, 0.2) is 54.7 Å². The van der Waals surface area contributed by atoms with Crippen molar-refractivity contribution < 1.29 is 4.79 Å². The van der Waals surface area contributed by atoms with Crippen LogP contribution in [0.25, 0.3) is 22.3 Å². The molecule has 0 spiro atoms. The lowest BCUT2D eigenvalue weighted by Crippen LogP contribution is -2.22. The van der Waals surface area contributed by atoms with Crippen molar-refractivity contribution in [3.8, 4) is 11.4 Å². The number of hydrogen-bond donors (Lipinski definition) is 3. The average Bonchev–Trinajstić information content (AvgIpc) is 3.31. The molecule has 1 amide bonds. The predicted octanol–water partition coefficient (Wildman–Crippen LogP) is 3.39. The molecule has 5 nitrogen and oxygen atoms in total. The van der Waals surface area contributed by atoms with Gasteiger partial charge in [-0.15, -0.1) is 0 Å². The number of H-pyrrole nitrogens is 2. The third-order valence-corrected chi connectivity index (χ3v) is 4.80. The quantitative estimate of drug-likeness (QED) is 0.475. The molecule has 4 aromatic rings. The summed E-state index contributed by atoms with van der Waals surface area (Å²) in [5.74, 6) is -0.0566. The molecule has 0 unspecified atom stereocenters. The molecule has 25 heavy (non-hydrogen) atoms. The number of aromatic amines is 2. The Hall–Kier alpha value is -3.34. The van der Waals surface area contributed by atoms with Crippen molar-refractivity contribution in [1.82, 2.24) is 20.5 Å². The highest BCUT2D eigenvalue weighted by Gasteiger charge is 2.25. The third-order valence-electron chi connectivity index (χ3n) is 4.80. The SMILES string of the molecule is O=C(NCc1ccccc1)c1ccc2[nH]c3c(c2c1)Cc1cn[nH]c1-3. The Morgan fingerprint density at radius 3 is 2.88 bits per heavy atom. The Morgan fingerprint density at radius 1 is 1.12 bits per heavy atom. The zero-order valence-electron chi connectivity index (χ0n) is 13.5. The van der Waals surface area contributed by atoms with Crippen molar-refractivity contribution in [2.75, 3.05) is 0 Å². The fourth-order valence-electron chi connectivity index (χ4n) is 3.52. The number of carbonyl (C=O) groups is 1. The van der Waals surface area contributed by atoms with Gasteiger partial charge in [0.05, 0.1) is 17.6 Å². The Morgan fingerprint density at radius 2 is 2.00 bits per heavy atom. The van der Waals surface area contributed by atoms with Gasteiger partial charge in [0.25, 0.3) is 5.91 Å². The number of hydrogen-bond acceptors (Lipinski definition) is 2. The molecule has 1 aliphatic rings. The zero-order chi connectivity index (χ0) is 16.8. The van der Waals surface area contributed by atoms with Crippen molar-refractivity contribution in [3.63, 3.8) is 0 Å². The standard InChI is InChI=1S/C20H16N4O/c25-20(21-10-12-4-2-1-3-5-12)13-6-7-17-15(8-13)16-9-14-11-22-24-18(14)19(16)23-17/h1-8,11,23H,9-10H2,(H,21,25)(H,22,24). The maximum absolute atomic E-state index is 12.5. The van der Waals surface area contributed by atoms with Crippen molar-refractivity contribution in [3.05, 3.63) is 77.0 Å². The minimum absolute atomic E-state index is 0.0566. The van der Waals surface area contributed by atoms with E-state index in [1.165, 1.54) is 11.1 Å². The summed E-state index contributed by atoms with van der Waals surface area (Å²) >= 11 is 0. The van der Waals surface area contributed by atoms with Crippen LogP contribution in [0.4, 0.5) is 0 Å². The summed E-state index contributed by atoms with van der Waals surface area (Å²) in [6.45, 7) is 0.527. The van der Waals surface area contributed by atoms with Gasteiger partial charge in [0.15, 0.2) is 0 Å². The second-order valence-corrected chi connectivity index (χ2v) is 6.35. The van der Waals surface area contributed by atoms with Gasteiger partial charge in [0.1, 0.15) is 0 Å². The lowest BCUT2D eigenvalue weighted by Gasteiger charge is -2.06. The molecule has 1 aliphatic carbocycles. The molecule has 0 aliphatic heterocycles. The largest absolute Gasteiger partial charge is 0.353 e. The van der Waals surface area contributed by atoms with E-state index in [1.54, 1.807) is 0 Å². The predicted molar refractivity (Wildman–Crippen MR) is 96.3 cm³/mol. The molecule has 5 rings (SSSR count). The number of benzene rings is 2. The second-order valence-electron chi connectivity index (χ2n) is 6.35. The van der Waals surface area contributed by atoms with E-state index in [2.05, 4.69) is 20.5 Å². The topological polar surface area (TPSA) is 73.6 Å². The first-order chi connectivity index (χ1) is 12.3. The summed E-state index contributed by atoms with van der Waals surface area (Å²) in [5, 5.41) is 11.2. The van der Waals surface area contributed by atoms with E-state index in [0.717, 1.165) is 34.3 Å². The van der Waals surface area contributed by atoms with Gasteiger partial charge in [0, 0.05) is 35.0 Å². The summed E-state index contributed by atoms with van der Waals surface area (Å²) in [4.78, 5) is 16.0. The van der Waals surface area contributed by atoms with E-state index in [1.807, 2.05) is 54.7 Å². The molecule has 0 saturated carbocycles. The van der Waals surface area contributed by atoms with Crippen molar-refractivity contribution in [2.45, 2.75) is 13.0 Å². The van der Waals surface area contributed by atoms with Crippen LogP contribution in [0, 0.1) is 0 Å². The van der Waals surface area contributed by atoms with Crippen LogP contribution < -0.4 is 5.32 Å². The van der Waals surface area contributed by atoms with Gasteiger partial charge in [-0.05, 0) is 29.3 Å². The summed E-state index contributed by atoms with van der Waals surface area (Å²) in [7, 11) is 0. The smallest absolute Gasteiger partial charge is 0.251 e. The second kappa shape index (κ2) is 5.34. The molecule has 0 saturated heterocycles. The number of nitrogens with zero attached hydrogens (tertiary/aromatic N) is 1. The molecule has 0 bridgehead atoms. The number of amides is 1. The summed E-state index contributed by atoms with van der Waals surface area (Å²) in [5.41, 5.74) is 7.39. The third kappa shape index (κ3) is 2.24. The summed E-state index contributed by atoms with van der Waals surface area (Å²) in [6.07, 6.45) is 2.71. The highest BCUT2D eigenvalue weighted by atomic mass is 16.1. The fourth-order valence-corrected chi connectivity index (χ4v) is 3.52. The molecular weight excluding hydrogens is 312 g/mol. The maximum Gasteiger partial charge on any atom is 0.251 e. The van der Waals surface area contributed by atoms with Crippen molar-refractivity contribution in [2.24, 2.45) is 0 Å². The molecule has 0 atom stereocenters. The minimum Gasteiger partial charge on any atom is -0.353 e. The van der Waals surface area contributed by atoms with Gasteiger partial charge < -0.3 is 10.3 Å². The van der Waals surface area contributed by atoms with Gasteiger partial charge in [-0.25, -0.2) is 0 Å². The van der Waals surface area contributed by atoms with Crippen LogP contribution in [0.5, 0.6) is 0 Å². The van der Waals surface area contributed by atoms with Gasteiger partial charge >= 0.3 is 0 Å². The number of aromatic nitrogens is 3. The van der Waals surface area contributed by atoms with E-state index in [4.69, 9.17) is 0 Å². The van der Waals surface area contributed by atoms with E-state index in [0.29, 0.717) is 12.1 Å². The first kappa shape index (κ1) is 14.0. The van der Waals surface area contributed by atoms with Crippen LogP contribution in [0.2, 0.25) is 0 Å². The number of fused-ring (bicyclic) bond motifs is 5. The molecule has 2 aromatic heterocycles. The van der Waals surface area contributed by atoms with Crippen LogP contribution >= 0.6 is 0 Å². The fraction of sp³-hybridized carbons (Fsp3) is 0.100. The summed E-state index contributed by atoms with van der Waals surface area (Å²) in [6, 6.07) is 15.7. The molecule has 0 fully saturated rings. The lowest BCUT2D eigenvalue weighted by atomic mass is 10.1. The van der Waals surface area contributed by atoms with E-state index in [9.17, 15) is 4.79 Å². The summed E-state index contributed by atoms with van der Waals surface area (Å²) < 4.78 is 0. The van der Waals surface area contributed by atoms with Gasteiger partial charge in [-0.2, -0.15) is 5.10 Å². The molecular formula is C20H16N4O. The van der Waals surface area contributed by atoms with Crippen molar-refractivity contribution >= 4 is 16.8 Å². The monoisotopic (exact) mass is 328 g/mol. The highest BCUT2D eigenvalue weighted by Crippen LogP contribution is 2.39. The van der Waals surface area contributed by atoms with Crippen LogP contribution in [-0.2, 0) is 13.0 Å². The van der Waals surface area contributed by atoms with E-state index >= 15 is 0 Å². The number of carbonyl (C=O) groups excluding carboxylic acids is 1. The Bertz CT molecular complexity index is 1090. The van der Waals surface area contributed by atoms with E-state index in [-0.39, 0.29) is 5.91 Å². The van der Waals surface area contributed by atoms with Crippen molar-refractivity contribution in [1.29, 1.82) is 0 Å². The lowest BCUT2D eigenvalue weighted by molar-refractivity contribution is 0.0951. The first-order valence-electron chi connectivity index (χ1n) is 8.29. The van der Waals surface area contributed by atoms with Gasteiger partial charge in [0.2, 0.25) is 0 Å². The van der Waals surface area contributed by atoms with Crippen LogP contribution in [0.1, 0.15) is 27.0 Å². The van der Waals surface area contributed by atoms with Crippen LogP contribution in [-0.4, -0.2) is 21.1 Å². The Balaban J connectivity index is 1.44. The van der Waals surface area contributed by atoms with Gasteiger partial charge in [-0.1, -0.05) is 30.3 Å². The number of nitrogens with one attached hydrogen (secondary N) is 3.